The highest BCUT2D eigenvalue weighted by Crippen LogP contribution is 2.36. The molecule has 0 aromatic heterocycles. The molecule has 1 unspecified atom stereocenters. The van der Waals surface area contributed by atoms with Crippen LogP contribution >= 0.6 is 0 Å². The fraction of sp³-hybridized carbons (Fsp3) is 0.933. The van der Waals surface area contributed by atoms with E-state index >= 15 is 0 Å². The molecule has 2 aliphatic rings. The Kier molecular flexibility index (Phi) is 6.10. The van der Waals surface area contributed by atoms with E-state index in [2.05, 4.69) is 17.2 Å². The zero-order chi connectivity index (χ0) is 14.3. The van der Waals surface area contributed by atoms with Crippen LogP contribution in [0.4, 0.5) is 0 Å². The number of nitrogens with two attached hydrogens (primary N) is 1. The predicted molar refractivity (Wildman–Crippen MR) is 80.7 cm³/mol. The molecule has 1 heterocycles. The predicted octanol–water partition coefficient (Wildman–Crippen LogP) is 2.16. The first-order valence-corrected chi connectivity index (χ1v) is 8.10. The van der Waals surface area contributed by atoms with Crippen LogP contribution in [0.15, 0.2) is 4.99 Å². The second-order valence-electron chi connectivity index (χ2n) is 5.88. The molecule has 0 aromatic carbocycles. The molecule has 1 aliphatic heterocycles. The minimum absolute atomic E-state index is 0.0552. The topological polar surface area (TPSA) is 68.9 Å². The van der Waals surface area contributed by atoms with Gasteiger partial charge in [0.25, 0.3) is 0 Å². The Morgan fingerprint density at radius 2 is 2.05 bits per heavy atom. The number of nitrogens with zero attached hydrogens (tertiary/aromatic N) is 1. The van der Waals surface area contributed by atoms with Crippen molar-refractivity contribution in [3.8, 4) is 0 Å². The van der Waals surface area contributed by atoms with Crippen molar-refractivity contribution in [2.24, 2.45) is 10.7 Å². The van der Waals surface area contributed by atoms with E-state index in [9.17, 15) is 0 Å². The molecule has 5 heteroatoms. The van der Waals surface area contributed by atoms with Gasteiger partial charge in [-0.2, -0.15) is 0 Å². The molecule has 3 N–H and O–H groups in total. The highest BCUT2D eigenvalue weighted by atomic mass is 16.7. The van der Waals surface area contributed by atoms with Crippen molar-refractivity contribution < 1.29 is 9.47 Å². The molecule has 1 saturated carbocycles. The highest BCUT2D eigenvalue weighted by Gasteiger charge is 2.41. The van der Waals surface area contributed by atoms with E-state index in [0.717, 1.165) is 32.2 Å². The van der Waals surface area contributed by atoms with Crippen molar-refractivity contribution in [3.05, 3.63) is 0 Å². The summed E-state index contributed by atoms with van der Waals surface area (Å²) in [4.78, 5) is 4.36. The second kappa shape index (κ2) is 7.84. The first-order valence-electron chi connectivity index (χ1n) is 8.10. The lowest BCUT2D eigenvalue weighted by atomic mass is 10.1. The van der Waals surface area contributed by atoms with Crippen LogP contribution in [-0.2, 0) is 9.47 Å². The summed E-state index contributed by atoms with van der Waals surface area (Å²) in [5, 5.41) is 3.12. The molecule has 1 atom stereocenters. The Hall–Kier alpha value is -0.810. The van der Waals surface area contributed by atoms with Gasteiger partial charge in [-0.15, -0.1) is 0 Å². The minimum atomic E-state index is -0.318. The first-order chi connectivity index (χ1) is 9.74. The summed E-state index contributed by atoms with van der Waals surface area (Å²) in [6.45, 7) is 4.28. The lowest BCUT2D eigenvalue weighted by Gasteiger charge is -2.26. The molecule has 1 spiro atoms. The van der Waals surface area contributed by atoms with E-state index in [1.165, 1.54) is 25.7 Å². The third-order valence-corrected chi connectivity index (χ3v) is 4.08. The molecule has 2 rings (SSSR count). The second-order valence-corrected chi connectivity index (χ2v) is 5.88. The van der Waals surface area contributed by atoms with Crippen LogP contribution in [0.1, 0.15) is 58.3 Å². The van der Waals surface area contributed by atoms with Crippen molar-refractivity contribution in [1.29, 1.82) is 0 Å². The molecule has 1 saturated heterocycles. The summed E-state index contributed by atoms with van der Waals surface area (Å²) >= 11 is 0. The van der Waals surface area contributed by atoms with Crippen molar-refractivity contribution >= 4 is 5.96 Å². The van der Waals surface area contributed by atoms with Crippen LogP contribution in [0.25, 0.3) is 0 Å². The summed E-state index contributed by atoms with van der Waals surface area (Å²) < 4.78 is 12.1. The molecule has 0 radical (unpaired) electrons. The number of unbranched alkanes of at least 4 members (excludes halogenated alkanes) is 1. The average Bonchev–Trinajstić information content (AvgIpc) is 2.69. The Morgan fingerprint density at radius 1 is 1.30 bits per heavy atom. The highest BCUT2D eigenvalue weighted by molar-refractivity contribution is 5.77. The van der Waals surface area contributed by atoms with E-state index < -0.39 is 0 Å². The SMILES string of the molecule is CCCCNC(N)=NCC1COC2(CCCCCC2)O1. The Morgan fingerprint density at radius 3 is 2.75 bits per heavy atom. The van der Waals surface area contributed by atoms with E-state index in [4.69, 9.17) is 15.2 Å². The third kappa shape index (κ3) is 4.63. The number of hydrogen-bond acceptors (Lipinski definition) is 3. The monoisotopic (exact) mass is 283 g/mol. The van der Waals surface area contributed by atoms with Gasteiger partial charge in [0.2, 0.25) is 0 Å². The molecule has 0 aromatic rings. The van der Waals surface area contributed by atoms with Crippen LogP contribution in [0.5, 0.6) is 0 Å². The van der Waals surface area contributed by atoms with Gasteiger partial charge >= 0.3 is 0 Å². The number of aliphatic imine (C=N–C) groups is 1. The normalized spacial score (nSPS) is 26.6. The Bertz CT molecular complexity index is 312. The summed E-state index contributed by atoms with van der Waals surface area (Å²) in [6.07, 6.45) is 9.38. The number of ether oxygens (including phenoxy) is 2. The van der Waals surface area contributed by atoms with Gasteiger partial charge in [-0.3, -0.25) is 4.99 Å². The minimum Gasteiger partial charge on any atom is -0.370 e. The van der Waals surface area contributed by atoms with Gasteiger partial charge in [0.05, 0.1) is 13.2 Å². The summed E-state index contributed by atoms with van der Waals surface area (Å²) in [7, 11) is 0. The van der Waals surface area contributed by atoms with Gasteiger partial charge in [-0.25, -0.2) is 0 Å². The zero-order valence-electron chi connectivity index (χ0n) is 12.7. The van der Waals surface area contributed by atoms with E-state index in [1.54, 1.807) is 0 Å². The molecular weight excluding hydrogens is 254 g/mol. The van der Waals surface area contributed by atoms with Gasteiger partial charge in [0, 0.05) is 19.4 Å². The third-order valence-electron chi connectivity index (χ3n) is 4.08. The van der Waals surface area contributed by atoms with Crippen molar-refractivity contribution in [2.75, 3.05) is 19.7 Å². The van der Waals surface area contributed by atoms with Gasteiger partial charge in [0.1, 0.15) is 6.10 Å². The number of guanidine groups is 1. The fourth-order valence-corrected chi connectivity index (χ4v) is 2.89. The van der Waals surface area contributed by atoms with Crippen LogP contribution in [0.3, 0.4) is 0 Å². The number of hydrogen-bond donors (Lipinski definition) is 2. The Labute approximate surface area is 122 Å². The summed E-state index contributed by atoms with van der Waals surface area (Å²) in [5.41, 5.74) is 5.83. The van der Waals surface area contributed by atoms with Crippen LogP contribution in [-0.4, -0.2) is 37.5 Å². The van der Waals surface area contributed by atoms with E-state index in [-0.39, 0.29) is 11.9 Å². The first kappa shape index (κ1) is 15.6. The van der Waals surface area contributed by atoms with E-state index in [0.29, 0.717) is 19.1 Å². The molecule has 5 nitrogen and oxygen atoms in total. The quantitative estimate of drug-likeness (QED) is 0.461. The van der Waals surface area contributed by atoms with Gasteiger partial charge in [0.15, 0.2) is 11.7 Å². The average molecular weight is 283 g/mol. The van der Waals surface area contributed by atoms with Crippen molar-refractivity contribution in [1.82, 2.24) is 5.32 Å². The summed E-state index contributed by atoms with van der Waals surface area (Å²) in [6, 6.07) is 0. The smallest absolute Gasteiger partial charge is 0.188 e. The van der Waals surface area contributed by atoms with Crippen molar-refractivity contribution in [2.45, 2.75) is 70.2 Å². The maximum atomic E-state index is 6.13. The maximum absolute atomic E-state index is 6.13. The van der Waals surface area contributed by atoms with Crippen LogP contribution in [0.2, 0.25) is 0 Å². The molecule has 0 bridgehead atoms. The lowest BCUT2D eigenvalue weighted by molar-refractivity contribution is -0.174. The molecule has 2 fully saturated rings. The van der Waals surface area contributed by atoms with Crippen LogP contribution in [0, 0.1) is 0 Å². The number of nitrogens with one attached hydrogen (secondary N) is 1. The summed E-state index contributed by atoms with van der Waals surface area (Å²) in [5.74, 6) is 0.199. The molecule has 116 valence electrons. The van der Waals surface area contributed by atoms with Gasteiger partial charge < -0.3 is 20.5 Å². The zero-order valence-corrected chi connectivity index (χ0v) is 12.7. The Balaban J connectivity index is 1.73. The van der Waals surface area contributed by atoms with E-state index in [1.807, 2.05) is 0 Å². The lowest BCUT2D eigenvalue weighted by Crippen LogP contribution is -2.34. The van der Waals surface area contributed by atoms with Gasteiger partial charge in [-0.05, 0) is 19.3 Å². The molecule has 20 heavy (non-hydrogen) atoms. The van der Waals surface area contributed by atoms with Crippen molar-refractivity contribution in [3.63, 3.8) is 0 Å². The molecule has 1 aliphatic carbocycles. The van der Waals surface area contributed by atoms with Crippen LogP contribution < -0.4 is 11.1 Å². The largest absolute Gasteiger partial charge is 0.370 e. The molecule has 0 amide bonds. The molecular formula is C15H29N3O2. The fourth-order valence-electron chi connectivity index (χ4n) is 2.89. The number of rotatable bonds is 5. The standard InChI is InChI=1S/C15H29N3O2/c1-2-3-10-17-14(16)18-11-13-12-19-15(20-13)8-6-4-5-7-9-15/h13H,2-12H2,1H3,(H3,16,17,18). The maximum Gasteiger partial charge on any atom is 0.188 e. The van der Waals surface area contributed by atoms with Gasteiger partial charge in [-0.1, -0.05) is 26.2 Å².